The van der Waals surface area contributed by atoms with E-state index in [0.717, 1.165) is 37.1 Å². The fraction of sp³-hybridized carbons (Fsp3) is 0.211. The van der Waals surface area contributed by atoms with Crippen LogP contribution >= 0.6 is 47.2 Å². The zero-order valence-electron chi connectivity index (χ0n) is 14.3. The molecule has 0 aliphatic carbocycles. The molecule has 0 saturated carbocycles. The van der Waals surface area contributed by atoms with Crippen LogP contribution in [0.1, 0.15) is 12.0 Å². The Labute approximate surface area is 178 Å². The van der Waals surface area contributed by atoms with Crippen molar-refractivity contribution in [2.45, 2.75) is 13.0 Å². The van der Waals surface area contributed by atoms with Gasteiger partial charge in [0.2, 0.25) is 0 Å². The maximum absolute atomic E-state index is 12.1. The Morgan fingerprint density at radius 3 is 2.52 bits per heavy atom. The van der Waals surface area contributed by atoms with Crippen LogP contribution in [-0.2, 0) is 6.54 Å². The lowest BCUT2D eigenvalue weighted by Gasteiger charge is -2.09. The second-order valence-electron chi connectivity index (χ2n) is 5.94. The molecule has 0 amide bonds. The quantitative estimate of drug-likeness (QED) is 0.420. The number of hydrogen-bond acceptors (Lipinski definition) is 3. The first-order valence-corrected chi connectivity index (χ1v) is 9.37. The van der Waals surface area contributed by atoms with Crippen molar-refractivity contribution in [3.63, 3.8) is 0 Å². The molecule has 144 valence electrons. The van der Waals surface area contributed by atoms with E-state index in [0.29, 0.717) is 26.3 Å². The molecule has 3 aromatic rings. The van der Waals surface area contributed by atoms with Gasteiger partial charge in [-0.3, -0.25) is 4.79 Å². The third-order valence-corrected chi connectivity index (χ3v) is 4.92. The average Bonchev–Trinajstić information content (AvgIpc) is 2.61. The molecule has 3 rings (SSSR count). The molecule has 0 radical (unpaired) electrons. The van der Waals surface area contributed by atoms with E-state index in [1.807, 2.05) is 18.2 Å². The van der Waals surface area contributed by atoms with Gasteiger partial charge in [-0.15, -0.1) is 12.4 Å². The fourth-order valence-corrected chi connectivity index (χ4v) is 3.13. The summed E-state index contributed by atoms with van der Waals surface area (Å²) >= 11 is 17.8. The van der Waals surface area contributed by atoms with Gasteiger partial charge in [-0.2, -0.15) is 0 Å². The number of rotatable bonds is 7. The molecule has 8 heteroatoms. The summed E-state index contributed by atoms with van der Waals surface area (Å²) < 4.78 is 0. The zero-order valence-corrected chi connectivity index (χ0v) is 17.4. The Morgan fingerprint density at radius 1 is 0.926 bits per heavy atom. The van der Waals surface area contributed by atoms with Gasteiger partial charge in [0.1, 0.15) is 5.82 Å². The van der Waals surface area contributed by atoms with Gasteiger partial charge in [0.05, 0.1) is 15.6 Å². The Morgan fingerprint density at radius 2 is 1.74 bits per heavy atom. The molecule has 1 aromatic heterocycles. The topological polar surface area (TPSA) is 56.9 Å². The maximum atomic E-state index is 12.1. The lowest BCUT2D eigenvalue weighted by Crippen LogP contribution is -2.18. The Kier molecular flexibility index (Phi) is 8.27. The number of H-pyrrole nitrogens is 1. The second-order valence-corrected chi connectivity index (χ2v) is 7.19. The van der Waals surface area contributed by atoms with Gasteiger partial charge in [0, 0.05) is 29.6 Å². The minimum Gasteiger partial charge on any atom is -0.371 e. The molecule has 0 atom stereocenters. The summed E-state index contributed by atoms with van der Waals surface area (Å²) in [7, 11) is 0. The number of hydrogen-bond donors (Lipinski definition) is 3. The number of fused-ring (bicyclic) bond motifs is 1. The molecule has 0 saturated heterocycles. The molecule has 27 heavy (non-hydrogen) atoms. The highest BCUT2D eigenvalue weighted by molar-refractivity contribution is 6.42. The van der Waals surface area contributed by atoms with Crippen LogP contribution in [0.2, 0.25) is 15.1 Å². The summed E-state index contributed by atoms with van der Waals surface area (Å²) in [6, 6.07) is 12.4. The first-order chi connectivity index (χ1) is 12.5. The number of nitrogens with one attached hydrogen (secondary N) is 3. The summed E-state index contributed by atoms with van der Waals surface area (Å²) in [6.45, 7) is 2.30. The van der Waals surface area contributed by atoms with Crippen molar-refractivity contribution in [3.8, 4) is 0 Å². The number of aromatic amines is 1. The van der Waals surface area contributed by atoms with Gasteiger partial charge < -0.3 is 15.6 Å². The van der Waals surface area contributed by atoms with Gasteiger partial charge in [-0.1, -0.05) is 40.9 Å². The van der Waals surface area contributed by atoms with E-state index in [2.05, 4.69) is 15.6 Å². The highest BCUT2D eigenvalue weighted by atomic mass is 35.5. The molecule has 4 nitrogen and oxygen atoms in total. The third kappa shape index (κ3) is 6.03. The van der Waals surface area contributed by atoms with Crippen LogP contribution in [-0.4, -0.2) is 18.1 Å². The van der Waals surface area contributed by atoms with Crippen LogP contribution in [0, 0.1) is 0 Å². The predicted octanol–water partition coefficient (Wildman–Crippen LogP) is 5.50. The number of pyridine rings is 1. The largest absolute Gasteiger partial charge is 0.371 e. The van der Waals surface area contributed by atoms with E-state index in [1.165, 1.54) is 0 Å². The second kappa shape index (κ2) is 10.2. The van der Waals surface area contributed by atoms with E-state index in [-0.39, 0.29) is 17.8 Å². The van der Waals surface area contributed by atoms with E-state index >= 15 is 0 Å². The van der Waals surface area contributed by atoms with E-state index in [1.54, 1.807) is 24.3 Å². The minimum atomic E-state index is -0.0542. The summed E-state index contributed by atoms with van der Waals surface area (Å²) in [5.74, 6) is 0.703. The first-order valence-electron chi connectivity index (χ1n) is 8.24. The molecular formula is C19H19Cl4N3O. The van der Waals surface area contributed by atoms with Gasteiger partial charge in [-0.05, 0) is 48.9 Å². The highest BCUT2D eigenvalue weighted by Gasteiger charge is 2.03. The summed E-state index contributed by atoms with van der Waals surface area (Å²) in [5.41, 5.74) is 1.80. The fourth-order valence-electron chi connectivity index (χ4n) is 2.63. The van der Waals surface area contributed by atoms with Crippen LogP contribution in [0.3, 0.4) is 0 Å². The standard InChI is InChI=1S/C19H18Cl3N3O.ClH/c20-13-3-5-17-14(9-13)18(26)10-19(25-17)24-7-1-6-23-11-12-2-4-15(21)16(22)8-12;/h2-5,8-10,23H,1,6-7,11H2,(H2,24,25,26);1H. The van der Waals surface area contributed by atoms with Crippen molar-refractivity contribution in [2.75, 3.05) is 18.4 Å². The van der Waals surface area contributed by atoms with Crippen LogP contribution in [0.25, 0.3) is 10.9 Å². The highest BCUT2D eigenvalue weighted by Crippen LogP contribution is 2.22. The van der Waals surface area contributed by atoms with E-state index in [4.69, 9.17) is 34.8 Å². The molecule has 0 aliphatic rings. The number of aromatic nitrogens is 1. The third-order valence-electron chi connectivity index (χ3n) is 3.95. The smallest absolute Gasteiger partial charge is 0.191 e. The molecule has 1 heterocycles. The van der Waals surface area contributed by atoms with E-state index in [9.17, 15) is 4.79 Å². The lowest BCUT2D eigenvalue weighted by atomic mass is 10.2. The average molecular weight is 447 g/mol. The van der Waals surface area contributed by atoms with Crippen LogP contribution in [0.15, 0.2) is 47.3 Å². The van der Waals surface area contributed by atoms with Crippen molar-refractivity contribution < 1.29 is 0 Å². The van der Waals surface area contributed by atoms with Gasteiger partial charge >= 0.3 is 0 Å². The lowest BCUT2D eigenvalue weighted by molar-refractivity contribution is 0.663. The molecule has 0 bridgehead atoms. The van der Waals surface area contributed by atoms with Crippen LogP contribution in [0.4, 0.5) is 5.82 Å². The van der Waals surface area contributed by atoms with Crippen LogP contribution in [0.5, 0.6) is 0 Å². The summed E-state index contributed by atoms with van der Waals surface area (Å²) in [5, 5.41) is 8.86. The van der Waals surface area contributed by atoms with Gasteiger partial charge in [0.15, 0.2) is 5.43 Å². The van der Waals surface area contributed by atoms with Crippen molar-refractivity contribution in [3.05, 3.63) is 73.3 Å². The van der Waals surface area contributed by atoms with Crippen molar-refractivity contribution >= 4 is 63.9 Å². The number of halogens is 4. The SMILES string of the molecule is Cl.O=c1cc(NCCCNCc2ccc(Cl)c(Cl)c2)[nH]c2ccc(Cl)cc12. The summed E-state index contributed by atoms with van der Waals surface area (Å²) in [4.78, 5) is 15.3. The molecular weight excluding hydrogens is 428 g/mol. The van der Waals surface area contributed by atoms with Crippen LogP contribution < -0.4 is 16.1 Å². The predicted molar refractivity (Wildman–Crippen MR) is 118 cm³/mol. The minimum absolute atomic E-state index is 0. The maximum Gasteiger partial charge on any atom is 0.191 e. The molecule has 2 aromatic carbocycles. The number of anilines is 1. The molecule has 0 aliphatic heterocycles. The Balaban J connectivity index is 0.00000261. The molecule has 0 fully saturated rings. The molecule has 3 N–H and O–H groups in total. The van der Waals surface area contributed by atoms with Crippen molar-refractivity contribution in [1.29, 1.82) is 0 Å². The number of benzene rings is 2. The Hall–Kier alpha value is -1.43. The van der Waals surface area contributed by atoms with E-state index < -0.39 is 0 Å². The van der Waals surface area contributed by atoms with Gasteiger partial charge in [0.25, 0.3) is 0 Å². The van der Waals surface area contributed by atoms with Crippen molar-refractivity contribution in [2.24, 2.45) is 0 Å². The first kappa shape index (κ1) is 21.9. The molecule has 0 spiro atoms. The van der Waals surface area contributed by atoms with Crippen molar-refractivity contribution in [1.82, 2.24) is 10.3 Å². The monoisotopic (exact) mass is 445 g/mol. The normalized spacial score (nSPS) is 10.6. The summed E-state index contributed by atoms with van der Waals surface area (Å²) in [6.07, 6.45) is 0.905. The Bertz CT molecular complexity index is 975. The molecule has 0 unspecified atom stereocenters. The van der Waals surface area contributed by atoms with Gasteiger partial charge in [-0.25, -0.2) is 0 Å². The zero-order chi connectivity index (χ0) is 18.5.